The van der Waals surface area contributed by atoms with Gasteiger partial charge in [0.1, 0.15) is 0 Å². The molecule has 1 aromatic carbocycles. The van der Waals surface area contributed by atoms with E-state index in [0.29, 0.717) is 17.0 Å². The molecule has 5 heteroatoms. The molecular weight excluding hydrogens is 328 g/mol. The smallest absolute Gasteiger partial charge is 0.169 e. The molecule has 0 aliphatic carbocycles. The van der Waals surface area contributed by atoms with Crippen LogP contribution in [0.4, 0.5) is 0 Å². The second kappa shape index (κ2) is 5.47. The number of carbonyl (C=O) groups excluding carboxylic acids is 1. The summed E-state index contributed by atoms with van der Waals surface area (Å²) in [6.45, 7) is 3.80. The molecule has 100 valence electrons. The Balaban J connectivity index is 2.31. The van der Waals surface area contributed by atoms with Gasteiger partial charge in [0.15, 0.2) is 5.78 Å². The lowest BCUT2D eigenvalue weighted by Gasteiger charge is -2.06. The first kappa shape index (κ1) is 14.3. The minimum atomic E-state index is 0.0675. The van der Waals surface area contributed by atoms with Gasteiger partial charge in [-0.05, 0) is 53.5 Å². The number of rotatable bonds is 3. The molecule has 2 rings (SSSR count). The predicted octanol–water partition coefficient (Wildman–Crippen LogP) is 3.88. The number of carbonyl (C=O) groups is 1. The van der Waals surface area contributed by atoms with Gasteiger partial charge in [-0.2, -0.15) is 5.10 Å². The summed E-state index contributed by atoms with van der Waals surface area (Å²) in [5, 5.41) is 4.94. The second-order valence-electron chi connectivity index (χ2n) is 4.53. The summed E-state index contributed by atoms with van der Waals surface area (Å²) in [5.74, 6) is 0.0675. The van der Waals surface area contributed by atoms with Crippen molar-refractivity contribution >= 4 is 33.3 Å². The van der Waals surface area contributed by atoms with Crippen LogP contribution in [0.1, 0.15) is 27.3 Å². The molecule has 0 radical (unpaired) electrons. The van der Waals surface area contributed by atoms with Gasteiger partial charge in [-0.15, -0.1) is 0 Å². The number of hydrogen-bond donors (Lipinski definition) is 0. The fourth-order valence-corrected chi connectivity index (χ4v) is 2.76. The van der Waals surface area contributed by atoms with Crippen LogP contribution >= 0.6 is 27.5 Å². The van der Waals surface area contributed by atoms with Gasteiger partial charge < -0.3 is 0 Å². The molecule has 0 bridgehead atoms. The fraction of sp³-hybridized carbons (Fsp3) is 0.286. The lowest BCUT2D eigenvalue weighted by atomic mass is 10.0. The lowest BCUT2D eigenvalue weighted by Crippen LogP contribution is -2.09. The van der Waals surface area contributed by atoms with E-state index in [1.54, 1.807) is 22.9 Å². The van der Waals surface area contributed by atoms with Gasteiger partial charge in [-0.25, -0.2) is 0 Å². The SMILES string of the molecule is Cc1cc(Cl)ccc1C(=O)Cc1c(Br)c(C)nn1C. The number of ketones is 1. The summed E-state index contributed by atoms with van der Waals surface area (Å²) in [6.07, 6.45) is 0.320. The maximum atomic E-state index is 12.4. The standard InChI is InChI=1S/C14H14BrClN2O/c1-8-6-10(16)4-5-11(8)13(19)7-12-14(15)9(2)17-18(12)3/h4-6H,7H2,1-3H3. The molecule has 0 amide bonds. The van der Waals surface area contributed by atoms with Crippen molar-refractivity contribution in [1.29, 1.82) is 0 Å². The number of hydrogen-bond acceptors (Lipinski definition) is 2. The molecular formula is C14H14BrClN2O. The monoisotopic (exact) mass is 340 g/mol. The first-order chi connectivity index (χ1) is 8.90. The molecule has 19 heavy (non-hydrogen) atoms. The molecule has 1 aromatic heterocycles. The minimum Gasteiger partial charge on any atom is -0.294 e. The quantitative estimate of drug-likeness (QED) is 0.794. The fourth-order valence-electron chi connectivity index (χ4n) is 2.06. The third-order valence-corrected chi connectivity index (χ3v) is 4.35. The van der Waals surface area contributed by atoms with Crippen LogP contribution in [0.5, 0.6) is 0 Å². The minimum absolute atomic E-state index is 0.0675. The summed E-state index contributed by atoms with van der Waals surface area (Å²) in [7, 11) is 1.84. The molecule has 0 aliphatic rings. The summed E-state index contributed by atoms with van der Waals surface area (Å²) >= 11 is 9.38. The number of aryl methyl sites for hydroxylation is 3. The summed E-state index contributed by atoms with van der Waals surface area (Å²) in [6, 6.07) is 5.32. The predicted molar refractivity (Wildman–Crippen MR) is 79.9 cm³/mol. The van der Waals surface area contributed by atoms with Crippen molar-refractivity contribution in [3.05, 3.63) is 50.2 Å². The van der Waals surface area contributed by atoms with Crippen LogP contribution < -0.4 is 0 Å². The first-order valence-corrected chi connectivity index (χ1v) is 7.04. The van der Waals surface area contributed by atoms with Crippen LogP contribution in [0, 0.1) is 13.8 Å². The maximum Gasteiger partial charge on any atom is 0.169 e. The molecule has 0 N–H and O–H groups in total. The Morgan fingerprint density at radius 3 is 2.63 bits per heavy atom. The largest absolute Gasteiger partial charge is 0.294 e. The second-order valence-corrected chi connectivity index (χ2v) is 5.76. The van der Waals surface area contributed by atoms with E-state index in [2.05, 4.69) is 21.0 Å². The van der Waals surface area contributed by atoms with Gasteiger partial charge >= 0.3 is 0 Å². The number of Topliss-reactive ketones (excluding diaryl/α,β-unsaturated/α-hetero) is 1. The van der Waals surface area contributed by atoms with E-state index < -0.39 is 0 Å². The molecule has 0 fully saturated rings. The molecule has 0 atom stereocenters. The van der Waals surface area contributed by atoms with Crippen LogP contribution in [0.25, 0.3) is 0 Å². The summed E-state index contributed by atoms with van der Waals surface area (Å²) < 4.78 is 2.64. The Hall–Kier alpha value is -1.13. The van der Waals surface area contributed by atoms with Crippen molar-refractivity contribution in [2.24, 2.45) is 7.05 Å². The van der Waals surface area contributed by atoms with Crippen molar-refractivity contribution in [3.63, 3.8) is 0 Å². The van der Waals surface area contributed by atoms with Crippen molar-refractivity contribution in [3.8, 4) is 0 Å². The number of halogens is 2. The molecule has 1 heterocycles. The third kappa shape index (κ3) is 2.90. The van der Waals surface area contributed by atoms with Gasteiger partial charge in [-0.3, -0.25) is 9.48 Å². The average Bonchev–Trinajstić information content (AvgIpc) is 2.56. The van der Waals surface area contributed by atoms with Crippen molar-refractivity contribution < 1.29 is 4.79 Å². The highest BCUT2D eigenvalue weighted by Gasteiger charge is 2.16. The third-order valence-electron chi connectivity index (χ3n) is 3.08. The summed E-state index contributed by atoms with van der Waals surface area (Å²) in [4.78, 5) is 12.4. The van der Waals surface area contributed by atoms with E-state index in [-0.39, 0.29) is 5.78 Å². The van der Waals surface area contributed by atoms with Crippen LogP contribution in [0.2, 0.25) is 5.02 Å². The Kier molecular flexibility index (Phi) is 4.11. The van der Waals surface area contributed by atoms with E-state index in [1.165, 1.54) is 0 Å². The molecule has 3 nitrogen and oxygen atoms in total. The van der Waals surface area contributed by atoms with E-state index in [0.717, 1.165) is 21.4 Å². The van der Waals surface area contributed by atoms with E-state index in [1.807, 2.05) is 20.9 Å². The molecule has 0 aliphatic heterocycles. The molecule has 0 saturated heterocycles. The van der Waals surface area contributed by atoms with Crippen LogP contribution in [-0.2, 0) is 13.5 Å². The van der Waals surface area contributed by atoms with Crippen LogP contribution in [-0.4, -0.2) is 15.6 Å². The summed E-state index contributed by atoms with van der Waals surface area (Å²) in [5.41, 5.74) is 3.37. The molecule has 0 unspecified atom stereocenters. The zero-order valence-electron chi connectivity index (χ0n) is 11.0. The zero-order valence-corrected chi connectivity index (χ0v) is 13.3. The average molecular weight is 342 g/mol. The van der Waals surface area contributed by atoms with E-state index in [9.17, 15) is 4.79 Å². The number of aromatic nitrogens is 2. The number of nitrogens with zero attached hydrogens (tertiary/aromatic N) is 2. The molecule has 0 spiro atoms. The normalized spacial score (nSPS) is 10.8. The van der Waals surface area contributed by atoms with Gasteiger partial charge in [0.2, 0.25) is 0 Å². The van der Waals surface area contributed by atoms with Crippen molar-refractivity contribution in [1.82, 2.24) is 9.78 Å². The Bertz CT molecular complexity index is 649. The van der Waals surface area contributed by atoms with Crippen molar-refractivity contribution in [2.75, 3.05) is 0 Å². The van der Waals surface area contributed by atoms with Gasteiger partial charge in [0.05, 0.1) is 22.3 Å². The van der Waals surface area contributed by atoms with Gasteiger partial charge in [-0.1, -0.05) is 11.6 Å². The first-order valence-electron chi connectivity index (χ1n) is 5.87. The maximum absolute atomic E-state index is 12.4. The van der Waals surface area contributed by atoms with Crippen LogP contribution in [0.3, 0.4) is 0 Å². The Labute approximate surface area is 125 Å². The highest BCUT2D eigenvalue weighted by molar-refractivity contribution is 9.10. The number of benzene rings is 1. The highest BCUT2D eigenvalue weighted by atomic mass is 79.9. The lowest BCUT2D eigenvalue weighted by molar-refractivity contribution is 0.0990. The Morgan fingerprint density at radius 2 is 2.11 bits per heavy atom. The van der Waals surface area contributed by atoms with Crippen LogP contribution in [0.15, 0.2) is 22.7 Å². The molecule has 0 saturated carbocycles. The Morgan fingerprint density at radius 1 is 1.42 bits per heavy atom. The molecule has 2 aromatic rings. The van der Waals surface area contributed by atoms with E-state index >= 15 is 0 Å². The van der Waals surface area contributed by atoms with E-state index in [4.69, 9.17) is 11.6 Å². The topological polar surface area (TPSA) is 34.9 Å². The zero-order chi connectivity index (χ0) is 14.2. The highest BCUT2D eigenvalue weighted by Crippen LogP contribution is 2.23. The van der Waals surface area contributed by atoms with Crippen molar-refractivity contribution in [2.45, 2.75) is 20.3 Å². The van der Waals surface area contributed by atoms with Gasteiger partial charge in [0, 0.05) is 17.6 Å². The van der Waals surface area contributed by atoms with Gasteiger partial charge in [0.25, 0.3) is 0 Å².